The highest BCUT2D eigenvalue weighted by atomic mass is 16.2. The molecule has 0 atom stereocenters. The summed E-state index contributed by atoms with van der Waals surface area (Å²) in [5, 5.41) is 11.7. The Bertz CT molecular complexity index is 819. The molecular formula is C12H9N5O2. The van der Waals surface area contributed by atoms with E-state index in [0.717, 1.165) is 4.68 Å². The first kappa shape index (κ1) is 11.3. The number of nitrogens with zero attached hydrogens (tertiary/aromatic N) is 5. The zero-order valence-electron chi connectivity index (χ0n) is 10.0. The van der Waals surface area contributed by atoms with Gasteiger partial charge in [-0.15, -0.1) is 9.78 Å². The smallest absolute Gasteiger partial charge is 0.267 e. The third-order valence-corrected chi connectivity index (χ3v) is 2.77. The van der Waals surface area contributed by atoms with Crippen LogP contribution in [-0.4, -0.2) is 30.7 Å². The second kappa shape index (κ2) is 4.13. The summed E-state index contributed by atoms with van der Waals surface area (Å²) in [5.41, 5.74) is 0.205. The molecule has 0 N–H and O–H groups in total. The Morgan fingerprint density at radius 3 is 2.68 bits per heavy atom. The van der Waals surface area contributed by atoms with Gasteiger partial charge in [0.25, 0.3) is 11.5 Å². The minimum absolute atomic E-state index is 0.266. The monoisotopic (exact) mass is 255 g/mol. The molecule has 94 valence electrons. The summed E-state index contributed by atoms with van der Waals surface area (Å²) in [6.07, 6.45) is 1.38. The minimum Gasteiger partial charge on any atom is -0.267 e. The lowest BCUT2D eigenvalue weighted by atomic mass is 10.2. The fourth-order valence-corrected chi connectivity index (χ4v) is 1.78. The molecular weight excluding hydrogens is 246 g/mol. The van der Waals surface area contributed by atoms with Crippen molar-refractivity contribution in [2.75, 3.05) is 0 Å². The lowest BCUT2D eigenvalue weighted by Crippen LogP contribution is -2.30. The van der Waals surface area contributed by atoms with Crippen molar-refractivity contribution in [3.8, 4) is 0 Å². The van der Waals surface area contributed by atoms with Gasteiger partial charge in [0, 0.05) is 12.6 Å². The van der Waals surface area contributed by atoms with Crippen molar-refractivity contribution in [3.63, 3.8) is 0 Å². The van der Waals surface area contributed by atoms with Gasteiger partial charge in [0.1, 0.15) is 5.39 Å². The molecule has 19 heavy (non-hydrogen) atoms. The first-order valence-electron chi connectivity index (χ1n) is 5.56. The van der Waals surface area contributed by atoms with Crippen LogP contribution >= 0.6 is 0 Å². The van der Waals surface area contributed by atoms with Gasteiger partial charge in [0.2, 0.25) is 0 Å². The van der Waals surface area contributed by atoms with E-state index in [9.17, 15) is 9.59 Å². The zero-order chi connectivity index (χ0) is 13.4. The Kier molecular flexibility index (Phi) is 2.45. The molecule has 0 unspecified atom stereocenters. The van der Waals surface area contributed by atoms with E-state index >= 15 is 0 Å². The number of hydrogen-bond acceptors (Lipinski definition) is 5. The maximum absolute atomic E-state index is 12.2. The summed E-state index contributed by atoms with van der Waals surface area (Å²) in [7, 11) is 1.65. The maximum Gasteiger partial charge on any atom is 0.288 e. The van der Waals surface area contributed by atoms with Crippen LogP contribution in [0.1, 0.15) is 10.4 Å². The zero-order valence-corrected chi connectivity index (χ0v) is 10.0. The number of aryl methyl sites for hydroxylation is 1. The maximum atomic E-state index is 12.2. The summed E-state index contributed by atoms with van der Waals surface area (Å²) in [4.78, 5) is 24.3. The summed E-state index contributed by atoms with van der Waals surface area (Å²) >= 11 is 0. The first-order chi connectivity index (χ1) is 9.18. The fourth-order valence-electron chi connectivity index (χ4n) is 1.78. The van der Waals surface area contributed by atoms with Gasteiger partial charge in [-0.05, 0) is 12.1 Å². The van der Waals surface area contributed by atoms with Crippen molar-refractivity contribution in [2.24, 2.45) is 7.05 Å². The van der Waals surface area contributed by atoms with Crippen molar-refractivity contribution in [3.05, 3.63) is 52.4 Å². The number of fused-ring (bicyclic) bond motifs is 1. The van der Waals surface area contributed by atoms with Gasteiger partial charge in [0.15, 0.2) is 5.65 Å². The average molecular weight is 255 g/mol. The number of carbonyl (C=O) groups excluding carboxylic acids is 1. The van der Waals surface area contributed by atoms with Crippen molar-refractivity contribution < 1.29 is 4.79 Å². The molecule has 2 aromatic heterocycles. The third-order valence-electron chi connectivity index (χ3n) is 2.77. The summed E-state index contributed by atoms with van der Waals surface area (Å²) < 4.78 is 2.18. The molecule has 0 saturated carbocycles. The number of aromatic nitrogens is 5. The van der Waals surface area contributed by atoms with Gasteiger partial charge in [-0.1, -0.05) is 23.4 Å². The molecule has 0 radical (unpaired) electrons. The Morgan fingerprint density at radius 1 is 1.21 bits per heavy atom. The van der Waals surface area contributed by atoms with Gasteiger partial charge in [-0.3, -0.25) is 9.59 Å². The molecule has 0 spiro atoms. The van der Waals surface area contributed by atoms with Crippen molar-refractivity contribution in [2.45, 2.75) is 0 Å². The van der Waals surface area contributed by atoms with Crippen LogP contribution in [0.3, 0.4) is 0 Å². The molecule has 0 aliphatic heterocycles. The molecule has 0 aliphatic rings. The average Bonchev–Trinajstić information content (AvgIpc) is 2.82. The van der Waals surface area contributed by atoms with Crippen molar-refractivity contribution in [1.82, 2.24) is 24.8 Å². The molecule has 7 nitrogen and oxygen atoms in total. The lowest BCUT2D eigenvalue weighted by Gasteiger charge is -2.01. The predicted octanol–water partition coefficient (Wildman–Crippen LogP) is 0.213. The highest BCUT2D eigenvalue weighted by Crippen LogP contribution is 2.04. The summed E-state index contributed by atoms with van der Waals surface area (Å²) in [6, 6.07) is 8.45. The number of benzene rings is 1. The van der Waals surface area contributed by atoms with E-state index in [4.69, 9.17) is 0 Å². The van der Waals surface area contributed by atoms with E-state index in [1.807, 2.05) is 0 Å². The van der Waals surface area contributed by atoms with Crippen LogP contribution in [0.4, 0.5) is 0 Å². The molecule has 0 fully saturated rings. The Balaban J connectivity index is 2.19. The van der Waals surface area contributed by atoms with Crippen LogP contribution in [0.25, 0.3) is 11.0 Å². The van der Waals surface area contributed by atoms with E-state index in [1.165, 1.54) is 10.9 Å². The van der Waals surface area contributed by atoms with Crippen LogP contribution in [-0.2, 0) is 7.05 Å². The van der Waals surface area contributed by atoms with E-state index in [1.54, 1.807) is 37.4 Å². The van der Waals surface area contributed by atoms with Crippen LogP contribution in [0.2, 0.25) is 0 Å². The summed E-state index contributed by atoms with van der Waals surface area (Å²) in [5.74, 6) is -0.510. The molecule has 0 aliphatic carbocycles. The largest absolute Gasteiger partial charge is 0.288 e. The van der Waals surface area contributed by atoms with Crippen molar-refractivity contribution >= 4 is 16.9 Å². The van der Waals surface area contributed by atoms with Gasteiger partial charge < -0.3 is 0 Å². The van der Waals surface area contributed by atoms with Crippen LogP contribution in [0.15, 0.2) is 41.3 Å². The predicted molar refractivity (Wildman–Crippen MR) is 66.7 cm³/mol. The van der Waals surface area contributed by atoms with Crippen LogP contribution in [0.5, 0.6) is 0 Å². The Morgan fingerprint density at radius 2 is 1.95 bits per heavy atom. The van der Waals surface area contributed by atoms with Crippen LogP contribution < -0.4 is 5.56 Å². The second-order valence-corrected chi connectivity index (χ2v) is 3.98. The third kappa shape index (κ3) is 1.71. The second-order valence-electron chi connectivity index (χ2n) is 3.98. The van der Waals surface area contributed by atoms with Gasteiger partial charge in [0.05, 0.1) is 6.20 Å². The molecule has 0 saturated heterocycles. The Labute approximate surface area is 107 Å². The molecule has 7 heteroatoms. The first-order valence-corrected chi connectivity index (χ1v) is 5.56. The molecule has 0 amide bonds. The molecule has 3 aromatic rings. The Hall–Kier alpha value is -2.83. The van der Waals surface area contributed by atoms with E-state index in [0.29, 0.717) is 11.2 Å². The van der Waals surface area contributed by atoms with Crippen molar-refractivity contribution in [1.29, 1.82) is 0 Å². The topological polar surface area (TPSA) is 82.7 Å². The van der Waals surface area contributed by atoms with E-state index < -0.39 is 11.5 Å². The lowest BCUT2D eigenvalue weighted by molar-refractivity contribution is 0.0936. The summed E-state index contributed by atoms with van der Waals surface area (Å²) in [6.45, 7) is 0. The molecule has 1 aromatic carbocycles. The molecule has 0 bridgehead atoms. The highest BCUT2D eigenvalue weighted by Gasteiger charge is 2.15. The van der Waals surface area contributed by atoms with E-state index in [-0.39, 0.29) is 5.39 Å². The number of carbonyl (C=O) groups is 1. The minimum atomic E-state index is -0.521. The standard InChI is InChI=1S/C12H9N5O2/c1-16-10-9(7-13-16)12(19)17(15-14-10)11(18)8-5-3-2-4-6-8/h2-7H,1H3. The number of rotatable bonds is 1. The normalized spacial score (nSPS) is 10.8. The quantitative estimate of drug-likeness (QED) is 0.621. The van der Waals surface area contributed by atoms with Gasteiger partial charge >= 0.3 is 0 Å². The number of hydrogen-bond donors (Lipinski definition) is 0. The van der Waals surface area contributed by atoms with Gasteiger partial charge in [-0.2, -0.15) is 5.10 Å². The van der Waals surface area contributed by atoms with Crippen LogP contribution in [0, 0.1) is 0 Å². The van der Waals surface area contributed by atoms with Gasteiger partial charge in [-0.25, -0.2) is 4.68 Å². The fraction of sp³-hybridized carbons (Fsp3) is 0.0833. The van der Waals surface area contributed by atoms with E-state index in [2.05, 4.69) is 15.4 Å². The molecule has 2 heterocycles. The SMILES string of the molecule is Cn1ncc2c(=O)n(C(=O)c3ccccc3)nnc21. The molecule has 3 rings (SSSR count). The highest BCUT2D eigenvalue weighted by molar-refractivity contribution is 5.95.